The van der Waals surface area contributed by atoms with E-state index in [1.807, 2.05) is 43.3 Å². The van der Waals surface area contributed by atoms with E-state index in [1.54, 1.807) is 28.4 Å². The molecule has 0 heterocycles. The summed E-state index contributed by atoms with van der Waals surface area (Å²) in [4.78, 5) is 4.28. The first-order valence-electron chi connectivity index (χ1n) is 9.60. The largest absolute Gasteiger partial charge is 0.493 e. The second-order valence-corrected chi connectivity index (χ2v) is 6.21. The Bertz CT molecular complexity index is 809. The van der Waals surface area contributed by atoms with E-state index in [0.29, 0.717) is 13.2 Å². The van der Waals surface area contributed by atoms with Crippen LogP contribution in [-0.4, -0.2) is 47.5 Å². The van der Waals surface area contributed by atoms with Gasteiger partial charge in [-0.05, 0) is 48.7 Å². The SMILES string of the molecule is CCOc1cc(CNC(=NC)NCCc2ccc(OC)c(OC)c2)ccc1OC. The van der Waals surface area contributed by atoms with Gasteiger partial charge in [-0.3, -0.25) is 4.99 Å². The van der Waals surface area contributed by atoms with Crippen molar-refractivity contribution in [1.29, 1.82) is 0 Å². The first kappa shape index (κ1) is 22.2. The smallest absolute Gasteiger partial charge is 0.191 e. The van der Waals surface area contributed by atoms with Crippen LogP contribution in [0.4, 0.5) is 0 Å². The van der Waals surface area contributed by atoms with E-state index >= 15 is 0 Å². The van der Waals surface area contributed by atoms with Crippen LogP contribution in [0.2, 0.25) is 0 Å². The molecule has 0 saturated carbocycles. The highest BCUT2D eigenvalue weighted by atomic mass is 16.5. The van der Waals surface area contributed by atoms with Gasteiger partial charge in [0.05, 0.1) is 27.9 Å². The second-order valence-electron chi connectivity index (χ2n) is 6.21. The maximum absolute atomic E-state index is 5.63. The van der Waals surface area contributed by atoms with E-state index in [2.05, 4.69) is 15.6 Å². The standard InChI is InChI=1S/C22H31N3O4/c1-6-29-21-14-17(8-10-19(21)27-4)15-25-22(23-2)24-12-11-16-7-9-18(26-3)20(13-16)28-5/h7-10,13-14H,6,11-12,15H2,1-5H3,(H2,23,24,25). The highest BCUT2D eigenvalue weighted by Gasteiger charge is 2.07. The van der Waals surface area contributed by atoms with E-state index in [4.69, 9.17) is 18.9 Å². The molecular formula is C22H31N3O4. The van der Waals surface area contributed by atoms with Crippen molar-refractivity contribution >= 4 is 5.96 Å². The molecule has 0 radical (unpaired) electrons. The summed E-state index contributed by atoms with van der Waals surface area (Å²) in [5, 5.41) is 6.64. The van der Waals surface area contributed by atoms with Crippen molar-refractivity contribution in [3.8, 4) is 23.0 Å². The van der Waals surface area contributed by atoms with Crippen LogP contribution in [0.3, 0.4) is 0 Å². The van der Waals surface area contributed by atoms with Crippen molar-refractivity contribution in [2.24, 2.45) is 4.99 Å². The molecule has 0 bridgehead atoms. The number of hydrogen-bond acceptors (Lipinski definition) is 5. The van der Waals surface area contributed by atoms with Crippen LogP contribution in [0.25, 0.3) is 0 Å². The fraction of sp³-hybridized carbons (Fsp3) is 0.409. The normalized spacial score (nSPS) is 11.0. The third-order valence-corrected chi connectivity index (χ3v) is 4.37. The van der Waals surface area contributed by atoms with Gasteiger partial charge in [0.1, 0.15) is 0 Å². The fourth-order valence-corrected chi connectivity index (χ4v) is 2.87. The molecule has 0 saturated heterocycles. The van der Waals surface area contributed by atoms with Crippen molar-refractivity contribution < 1.29 is 18.9 Å². The fourth-order valence-electron chi connectivity index (χ4n) is 2.87. The van der Waals surface area contributed by atoms with Gasteiger partial charge in [-0.15, -0.1) is 0 Å². The lowest BCUT2D eigenvalue weighted by molar-refractivity contribution is 0.310. The van der Waals surface area contributed by atoms with Crippen LogP contribution in [0.1, 0.15) is 18.1 Å². The van der Waals surface area contributed by atoms with Crippen molar-refractivity contribution in [2.75, 3.05) is 41.5 Å². The lowest BCUT2D eigenvalue weighted by atomic mass is 10.1. The molecule has 0 atom stereocenters. The monoisotopic (exact) mass is 401 g/mol. The van der Waals surface area contributed by atoms with Crippen LogP contribution in [0.5, 0.6) is 23.0 Å². The van der Waals surface area contributed by atoms with Gasteiger partial charge >= 0.3 is 0 Å². The quantitative estimate of drug-likeness (QED) is 0.471. The average Bonchev–Trinajstić information content (AvgIpc) is 2.76. The molecule has 29 heavy (non-hydrogen) atoms. The topological polar surface area (TPSA) is 73.3 Å². The Hall–Kier alpha value is -3.09. The van der Waals surface area contributed by atoms with E-state index in [-0.39, 0.29) is 0 Å². The van der Waals surface area contributed by atoms with E-state index in [0.717, 1.165) is 53.1 Å². The molecule has 0 spiro atoms. The molecule has 0 aromatic heterocycles. The van der Waals surface area contributed by atoms with Crippen LogP contribution >= 0.6 is 0 Å². The highest BCUT2D eigenvalue weighted by Crippen LogP contribution is 2.28. The second kappa shape index (κ2) is 11.7. The Balaban J connectivity index is 1.88. The molecule has 2 aromatic carbocycles. The first-order valence-corrected chi connectivity index (χ1v) is 9.60. The van der Waals surface area contributed by atoms with Crippen LogP contribution in [0.15, 0.2) is 41.4 Å². The summed E-state index contributed by atoms with van der Waals surface area (Å²) in [6.45, 7) is 3.91. The summed E-state index contributed by atoms with van der Waals surface area (Å²) in [7, 11) is 6.67. The minimum absolute atomic E-state index is 0.590. The van der Waals surface area contributed by atoms with Gasteiger partial charge in [0.25, 0.3) is 0 Å². The number of ether oxygens (including phenoxy) is 4. The van der Waals surface area contributed by atoms with E-state index in [1.165, 1.54) is 0 Å². The van der Waals surface area contributed by atoms with E-state index < -0.39 is 0 Å². The van der Waals surface area contributed by atoms with Crippen molar-refractivity contribution in [3.05, 3.63) is 47.5 Å². The molecule has 0 fully saturated rings. The molecule has 2 aromatic rings. The Morgan fingerprint density at radius 1 is 0.828 bits per heavy atom. The maximum atomic E-state index is 5.63. The van der Waals surface area contributed by atoms with Crippen molar-refractivity contribution in [1.82, 2.24) is 10.6 Å². The number of methoxy groups -OCH3 is 3. The summed E-state index contributed by atoms with van der Waals surface area (Å²) in [5.74, 6) is 3.67. The van der Waals surface area contributed by atoms with Crippen molar-refractivity contribution in [3.63, 3.8) is 0 Å². The summed E-state index contributed by atoms with van der Waals surface area (Å²) in [5.41, 5.74) is 2.24. The number of aliphatic imine (C=N–C) groups is 1. The third kappa shape index (κ3) is 6.48. The highest BCUT2D eigenvalue weighted by molar-refractivity contribution is 5.79. The minimum atomic E-state index is 0.590. The number of hydrogen-bond donors (Lipinski definition) is 2. The molecule has 0 unspecified atom stereocenters. The first-order chi connectivity index (χ1) is 14.1. The minimum Gasteiger partial charge on any atom is -0.493 e. The zero-order chi connectivity index (χ0) is 21.1. The Labute approximate surface area is 173 Å². The Morgan fingerprint density at radius 3 is 2.07 bits per heavy atom. The lowest BCUT2D eigenvalue weighted by Crippen LogP contribution is -2.37. The number of benzene rings is 2. The molecule has 158 valence electrons. The van der Waals surface area contributed by atoms with Gasteiger partial charge in [-0.1, -0.05) is 12.1 Å². The number of nitrogens with zero attached hydrogens (tertiary/aromatic N) is 1. The molecule has 0 aliphatic carbocycles. The van der Waals surface area contributed by atoms with Crippen LogP contribution < -0.4 is 29.6 Å². The maximum Gasteiger partial charge on any atom is 0.191 e. The van der Waals surface area contributed by atoms with Gasteiger partial charge in [0.15, 0.2) is 29.0 Å². The molecule has 0 amide bonds. The summed E-state index contributed by atoms with van der Waals surface area (Å²) < 4.78 is 21.6. The average molecular weight is 402 g/mol. The lowest BCUT2D eigenvalue weighted by Gasteiger charge is -2.14. The Kier molecular flexibility index (Phi) is 8.95. The van der Waals surface area contributed by atoms with Gasteiger partial charge < -0.3 is 29.6 Å². The molecule has 0 aliphatic rings. The molecule has 7 heteroatoms. The van der Waals surface area contributed by atoms with Gasteiger partial charge in [0.2, 0.25) is 0 Å². The van der Waals surface area contributed by atoms with E-state index in [9.17, 15) is 0 Å². The molecule has 7 nitrogen and oxygen atoms in total. The van der Waals surface area contributed by atoms with Gasteiger partial charge in [-0.2, -0.15) is 0 Å². The predicted octanol–water partition coefficient (Wildman–Crippen LogP) is 3.02. The number of guanidine groups is 1. The zero-order valence-corrected chi connectivity index (χ0v) is 17.9. The number of nitrogens with one attached hydrogen (secondary N) is 2. The number of rotatable bonds is 10. The molecular weight excluding hydrogens is 370 g/mol. The molecule has 0 aliphatic heterocycles. The summed E-state index contributed by atoms with van der Waals surface area (Å²) in [6, 6.07) is 11.8. The van der Waals surface area contributed by atoms with Crippen LogP contribution in [-0.2, 0) is 13.0 Å². The molecule has 2 rings (SSSR count). The Morgan fingerprint density at radius 2 is 1.45 bits per heavy atom. The van der Waals surface area contributed by atoms with Gasteiger partial charge in [-0.25, -0.2) is 0 Å². The summed E-state index contributed by atoms with van der Waals surface area (Å²) >= 11 is 0. The molecule has 2 N–H and O–H groups in total. The predicted molar refractivity (Wildman–Crippen MR) is 116 cm³/mol. The zero-order valence-electron chi connectivity index (χ0n) is 17.9. The van der Waals surface area contributed by atoms with Crippen LogP contribution in [0, 0.1) is 0 Å². The third-order valence-electron chi connectivity index (χ3n) is 4.37. The van der Waals surface area contributed by atoms with Gasteiger partial charge in [0, 0.05) is 20.1 Å². The van der Waals surface area contributed by atoms with Crippen molar-refractivity contribution in [2.45, 2.75) is 19.9 Å². The summed E-state index contributed by atoms with van der Waals surface area (Å²) in [6.07, 6.45) is 0.831.